The average molecular weight is 403 g/mol. The van der Waals surface area contributed by atoms with Crippen LogP contribution in [0.15, 0.2) is 30.5 Å². The topological polar surface area (TPSA) is 52.2 Å². The highest BCUT2D eigenvalue weighted by molar-refractivity contribution is 6.31. The van der Waals surface area contributed by atoms with Crippen molar-refractivity contribution in [1.82, 2.24) is 20.0 Å². The minimum atomic E-state index is -0.385. The smallest absolute Gasteiger partial charge is 0.274 e. The molecule has 148 valence electrons. The minimum Gasteiger partial charge on any atom is -0.369 e. The molecule has 0 unspecified atom stereocenters. The Kier molecular flexibility index (Phi) is 5.15. The van der Waals surface area contributed by atoms with E-state index < -0.39 is 0 Å². The molecule has 2 aliphatic heterocycles. The molecule has 1 amide bonds. The number of carbonyl (C=O) groups excluding carboxylic acids is 1. The normalized spacial score (nSPS) is 17.5. The van der Waals surface area contributed by atoms with E-state index in [1.165, 1.54) is 6.07 Å². The lowest BCUT2D eigenvalue weighted by atomic mass is 9.89. The number of nitrogens with zero attached hydrogens (tertiary/aromatic N) is 3. The summed E-state index contributed by atoms with van der Waals surface area (Å²) in [6.45, 7) is 8.79. The predicted octanol–water partition coefficient (Wildman–Crippen LogP) is 4.11. The van der Waals surface area contributed by atoms with Gasteiger partial charge in [-0.25, -0.2) is 4.39 Å². The van der Waals surface area contributed by atoms with Gasteiger partial charge in [-0.3, -0.25) is 9.89 Å². The third kappa shape index (κ3) is 3.41. The fourth-order valence-electron chi connectivity index (χ4n) is 4.20. The Morgan fingerprint density at radius 2 is 2.04 bits per heavy atom. The number of amides is 1. The molecule has 28 heavy (non-hydrogen) atoms. The Morgan fingerprint density at radius 3 is 2.75 bits per heavy atom. The second-order valence-electron chi connectivity index (χ2n) is 7.65. The molecule has 1 saturated heterocycles. The lowest BCUT2D eigenvalue weighted by Gasteiger charge is -2.33. The van der Waals surface area contributed by atoms with E-state index in [2.05, 4.69) is 21.7 Å². The Balaban J connectivity index is 1.44. The molecule has 7 heteroatoms. The fourth-order valence-corrected chi connectivity index (χ4v) is 4.48. The highest BCUT2D eigenvalue weighted by Crippen LogP contribution is 2.34. The summed E-state index contributed by atoms with van der Waals surface area (Å²) in [5, 5.41) is 7.57. The number of benzene rings is 1. The summed E-state index contributed by atoms with van der Waals surface area (Å²) in [4.78, 5) is 17.1. The van der Waals surface area contributed by atoms with Crippen LogP contribution in [-0.2, 0) is 13.0 Å². The van der Waals surface area contributed by atoms with Gasteiger partial charge in [0.25, 0.3) is 5.91 Å². The average Bonchev–Trinajstić information content (AvgIpc) is 3.13. The molecule has 4 rings (SSSR count). The molecule has 2 aliphatic rings. The van der Waals surface area contributed by atoms with Crippen molar-refractivity contribution in [2.45, 2.75) is 38.6 Å². The molecule has 0 radical (unpaired) electrons. The van der Waals surface area contributed by atoms with E-state index in [1.807, 2.05) is 17.9 Å². The van der Waals surface area contributed by atoms with Crippen LogP contribution in [-0.4, -0.2) is 45.5 Å². The van der Waals surface area contributed by atoms with E-state index >= 15 is 0 Å². The van der Waals surface area contributed by atoms with Gasteiger partial charge in [-0.2, -0.15) is 5.10 Å². The van der Waals surface area contributed by atoms with Crippen LogP contribution in [0.25, 0.3) is 0 Å². The molecule has 2 aromatic rings. The summed E-state index contributed by atoms with van der Waals surface area (Å²) >= 11 is 6.14. The van der Waals surface area contributed by atoms with E-state index in [-0.39, 0.29) is 22.7 Å². The lowest BCUT2D eigenvalue weighted by Crippen LogP contribution is -2.39. The van der Waals surface area contributed by atoms with Crippen molar-refractivity contribution in [2.24, 2.45) is 0 Å². The van der Waals surface area contributed by atoms with Gasteiger partial charge in [-0.1, -0.05) is 30.3 Å². The number of fused-ring (bicyclic) bond motifs is 1. The number of aromatic nitrogens is 2. The number of rotatable bonds is 3. The van der Waals surface area contributed by atoms with Gasteiger partial charge in [-0.15, -0.1) is 0 Å². The number of carbonyl (C=O) groups is 1. The van der Waals surface area contributed by atoms with Crippen molar-refractivity contribution in [1.29, 1.82) is 0 Å². The van der Waals surface area contributed by atoms with Crippen LogP contribution in [0.2, 0.25) is 5.02 Å². The fraction of sp³-hybridized carbons (Fsp3) is 0.429. The number of piperidine rings is 1. The van der Waals surface area contributed by atoms with Gasteiger partial charge < -0.3 is 9.80 Å². The SMILES string of the molecule is C=C(C)N1CCc2c(C(=O)N3CCC(c4cccc(F)c4Cl)CC3)n[nH]c2C1. The molecule has 3 heterocycles. The van der Waals surface area contributed by atoms with Gasteiger partial charge >= 0.3 is 0 Å². The molecule has 1 aromatic heterocycles. The minimum absolute atomic E-state index is 0.0231. The van der Waals surface area contributed by atoms with Crippen molar-refractivity contribution in [3.63, 3.8) is 0 Å². The van der Waals surface area contributed by atoms with Crippen molar-refractivity contribution in [2.75, 3.05) is 19.6 Å². The summed E-state index contributed by atoms with van der Waals surface area (Å²) in [6.07, 6.45) is 2.32. The van der Waals surface area contributed by atoms with Crippen LogP contribution in [0.3, 0.4) is 0 Å². The molecular formula is C21H24ClFN4O. The second-order valence-corrected chi connectivity index (χ2v) is 8.02. The zero-order valence-electron chi connectivity index (χ0n) is 16.0. The summed E-state index contributed by atoms with van der Waals surface area (Å²) < 4.78 is 13.7. The number of hydrogen-bond donors (Lipinski definition) is 1. The van der Waals surface area contributed by atoms with Crippen LogP contribution in [0.1, 0.15) is 53.0 Å². The predicted molar refractivity (Wildman–Crippen MR) is 107 cm³/mol. The summed E-state index contributed by atoms with van der Waals surface area (Å²) in [6, 6.07) is 4.95. The Hall–Kier alpha value is -2.34. The molecule has 5 nitrogen and oxygen atoms in total. The summed E-state index contributed by atoms with van der Waals surface area (Å²) in [5.74, 6) is -0.237. The molecule has 1 aromatic carbocycles. The van der Waals surface area contributed by atoms with Crippen molar-refractivity contribution in [3.8, 4) is 0 Å². The van der Waals surface area contributed by atoms with Crippen LogP contribution in [0.5, 0.6) is 0 Å². The number of aromatic amines is 1. The maximum absolute atomic E-state index is 13.7. The first-order valence-corrected chi connectivity index (χ1v) is 10.0. The first-order chi connectivity index (χ1) is 13.5. The molecule has 0 atom stereocenters. The van der Waals surface area contributed by atoms with E-state index in [1.54, 1.807) is 6.07 Å². The third-order valence-corrected chi connectivity index (χ3v) is 6.28. The first kappa shape index (κ1) is 19.0. The Labute approximate surface area is 169 Å². The van der Waals surface area contributed by atoms with Gasteiger partial charge in [-0.05, 0) is 43.7 Å². The highest BCUT2D eigenvalue weighted by Gasteiger charge is 2.31. The number of nitrogens with one attached hydrogen (secondary N) is 1. The maximum atomic E-state index is 13.7. The van der Waals surface area contributed by atoms with Gasteiger partial charge in [0.1, 0.15) is 5.82 Å². The Bertz CT molecular complexity index is 917. The molecule has 0 aliphatic carbocycles. The van der Waals surface area contributed by atoms with Gasteiger partial charge in [0.05, 0.1) is 17.3 Å². The van der Waals surface area contributed by atoms with Crippen LogP contribution in [0.4, 0.5) is 4.39 Å². The van der Waals surface area contributed by atoms with Crippen molar-refractivity contribution < 1.29 is 9.18 Å². The highest BCUT2D eigenvalue weighted by atomic mass is 35.5. The molecule has 1 fully saturated rings. The molecule has 1 N–H and O–H groups in total. The monoisotopic (exact) mass is 402 g/mol. The van der Waals surface area contributed by atoms with E-state index in [0.717, 1.165) is 48.3 Å². The first-order valence-electron chi connectivity index (χ1n) is 9.65. The number of H-pyrrole nitrogens is 1. The van der Waals surface area contributed by atoms with Gasteiger partial charge in [0.2, 0.25) is 0 Å². The number of likely N-dealkylation sites (tertiary alicyclic amines) is 1. The molecule has 0 bridgehead atoms. The largest absolute Gasteiger partial charge is 0.369 e. The van der Waals surface area contributed by atoms with Crippen molar-refractivity contribution in [3.05, 3.63) is 63.8 Å². The van der Waals surface area contributed by atoms with Gasteiger partial charge in [0.15, 0.2) is 5.69 Å². The molecule has 0 spiro atoms. The van der Waals surface area contributed by atoms with Crippen LogP contribution >= 0.6 is 11.6 Å². The number of hydrogen-bond acceptors (Lipinski definition) is 3. The summed E-state index contributed by atoms with van der Waals surface area (Å²) in [7, 11) is 0. The standard InChI is InChI=1S/C21H24ClFN4O/c1-13(2)27-11-8-16-18(12-27)24-25-20(16)21(28)26-9-6-14(7-10-26)15-4-3-5-17(23)19(15)22/h3-5,14H,1,6-12H2,2H3,(H,24,25). The molecular weight excluding hydrogens is 379 g/mol. The quantitative estimate of drug-likeness (QED) is 0.840. The van der Waals surface area contributed by atoms with Crippen LogP contribution in [0, 0.1) is 5.82 Å². The van der Waals surface area contributed by atoms with Gasteiger partial charge in [0, 0.05) is 30.9 Å². The third-order valence-electron chi connectivity index (χ3n) is 5.88. The molecule has 0 saturated carbocycles. The van der Waals surface area contributed by atoms with E-state index in [9.17, 15) is 9.18 Å². The zero-order chi connectivity index (χ0) is 19.8. The van der Waals surface area contributed by atoms with Crippen LogP contribution < -0.4 is 0 Å². The Morgan fingerprint density at radius 1 is 1.29 bits per heavy atom. The zero-order valence-corrected chi connectivity index (χ0v) is 16.7. The van der Waals surface area contributed by atoms with Crippen molar-refractivity contribution >= 4 is 17.5 Å². The van der Waals surface area contributed by atoms with E-state index in [0.29, 0.717) is 25.3 Å². The number of allylic oxidation sites excluding steroid dienone is 1. The maximum Gasteiger partial charge on any atom is 0.274 e. The number of halogens is 2. The lowest BCUT2D eigenvalue weighted by molar-refractivity contribution is 0.0705. The summed E-state index contributed by atoms with van der Waals surface area (Å²) in [5.41, 5.74) is 4.42. The van der Waals surface area contributed by atoms with E-state index in [4.69, 9.17) is 11.6 Å². The second kappa shape index (κ2) is 7.59.